The highest BCUT2D eigenvalue weighted by atomic mass is 32.1. The van der Waals surface area contributed by atoms with Gasteiger partial charge in [0.2, 0.25) is 0 Å². The fourth-order valence-electron chi connectivity index (χ4n) is 8.65. The highest BCUT2D eigenvalue weighted by Gasteiger charge is 2.21. The van der Waals surface area contributed by atoms with Crippen molar-refractivity contribution in [3.63, 3.8) is 0 Å². The van der Waals surface area contributed by atoms with Crippen LogP contribution in [0, 0.1) is 0 Å². The smallest absolute Gasteiger partial charge is 0.164 e. The third kappa shape index (κ3) is 5.25. The zero-order chi connectivity index (χ0) is 38.2. The van der Waals surface area contributed by atoms with Gasteiger partial charge in [0.25, 0.3) is 0 Å². The van der Waals surface area contributed by atoms with E-state index >= 15 is 0 Å². The van der Waals surface area contributed by atoms with Crippen molar-refractivity contribution < 1.29 is 0 Å². The van der Waals surface area contributed by atoms with Gasteiger partial charge in [0, 0.05) is 58.9 Å². The molecule has 0 fully saturated rings. The number of hydrogen-bond donors (Lipinski definition) is 0. The van der Waals surface area contributed by atoms with E-state index in [9.17, 15) is 0 Å². The number of para-hydroxylation sites is 1. The van der Waals surface area contributed by atoms with Crippen LogP contribution in [0.1, 0.15) is 0 Å². The monoisotopic (exact) mass is 756 g/mol. The molecule has 3 aromatic heterocycles. The van der Waals surface area contributed by atoms with Crippen LogP contribution in [0.15, 0.2) is 194 Å². The lowest BCUT2D eigenvalue weighted by molar-refractivity contribution is 1.07. The van der Waals surface area contributed by atoms with Crippen LogP contribution in [-0.4, -0.2) is 19.5 Å². The van der Waals surface area contributed by atoms with Gasteiger partial charge in [-0.1, -0.05) is 146 Å². The van der Waals surface area contributed by atoms with E-state index in [1.807, 2.05) is 29.5 Å². The first-order valence-corrected chi connectivity index (χ1v) is 20.3. The van der Waals surface area contributed by atoms with Gasteiger partial charge in [-0.2, -0.15) is 0 Å². The molecule has 0 saturated carbocycles. The molecule has 0 aliphatic rings. The predicted molar refractivity (Wildman–Crippen MR) is 244 cm³/mol. The van der Waals surface area contributed by atoms with Crippen molar-refractivity contribution in [2.45, 2.75) is 0 Å². The average molecular weight is 757 g/mol. The van der Waals surface area contributed by atoms with E-state index in [1.54, 1.807) is 0 Å². The van der Waals surface area contributed by atoms with E-state index in [0.29, 0.717) is 17.5 Å². The summed E-state index contributed by atoms with van der Waals surface area (Å²) in [5.74, 6) is 1.90. The largest absolute Gasteiger partial charge is 0.309 e. The molecule has 0 saturated heterocycles. The molecular formula is C53H32N4S. The summed E-state index contributed by atoms with van der Waals surface area (Å²) in [5, 5.41) is 9.74. The number of aromatic nitrogens is 4. The first-order valence-electron chi connectivity index (χ1n) is 19.5. The van der Waals surface area contributed by atoms with Gasteiger partial charge in [-0.25, -0.2) is 15.0 Å². The summed E-state index contributed by atoms with van der Waals surface area (Å²) >= 11 is 1.84. The molecule has 9 aromatic carbocycles. The molecule has 3 heterocycles. The van der Waals surface area contributed by atoms with E-state index in [1.165, 1.54) is 52.6 Å². The van der Waals surface area contributed by atoms with Crippen molar-refractivity contribution in [1.29, 1.82) is 0 Å². The third-order valence-corrected chi connectivity index (χ3v) is 12.6. The van der Waals surface area contributed by atoms with Gasteiger partial charge in [0.15, 0.2) is 17.5 Å². The molecule has 270 valence electrons. The first-order chi connectivity index (χ1) is 28.7. The van der Waals surface area contributed by atoms with Gasteiger partial charge in [0.1, 0.15) is 0 Å². The van der Waals surface area contributed by atoms with Gasteiger partial charge < -0.3 is 4.57 Å². The van der Waals surface area contributed by atoms with Crippen molar-refractivity contribution in [2.75, 3.05) is 0 Å². The lowest BCUT2D eigenvalue weighted by Gasteiger charge is -2.16. The average Bonchev–Trinajstić information content (AvgIpc) is 3.83. The second kappa shape index (κ2) is 13.1. The van der Waals surface area contributed by atoms with E-state index < -0.39 is 0 Å². The Kier molecular flexibility index (Phi) is 7.37. The lowest BCUT2D eigenvalue weighted by atomic mass is 9.96. The molecule has 12 aromatic rings. The molecule has 58 heavy (non-hydrogen) atoms. The second-order valence-electron chi connectivity index (χ2n) is 14.8. The maximum atomic E-state index is 5.32. The minimum atomic E-state index is 0.630. The number of benzene rings is 9. The van der Waals surface area contributed by atoms with E-state index in [2.05, 4.69) is 180 Å². The van der Waals surface area contributed by atoms with Gasteiger partial charge in [0.05, 0.1) is 11.0 Å². The van der Waals surface area contributed by atoms with Crippen molar-refractivity contribution in [3.05, 3.63) is 194 Å². The molecule has 5 heteroatoms. The molecule has 12 rings (SSSR count). The molecular weight excluding hydrogens is 725 g/mol. The number of thiophene rings is 1. The lowest BCUT2D eigenvalue weighted by Crippen LogP contribution is -2.02. The Hall–Kier alpha value is -7.47. The van der Waals surface area contributed by atoms with E-state index in [-0.39, 0.29) is 0 Å². The quantitative estimate of drug-likeness (QED) is 0.176. The minimum absolute atomic E-state index is 0.630. The Morgan fingerprint density at radius 3 is 1.84 bits per heavy atom. The topological polar surface area (TPSA) is 43.6 Å². The molecule has 0 aliphatic carbocycles. The highest BCUT2D eigenvalue weighted by Crippen LogP contribution is 2.44. The minimum Gasteiger partial charge on any atom is -0.309 e. The van der Waals surface area contributed by atoms with E-state index in [4.69, 9.17) is 15.0 Å². The summed E-state index contributed by atoms with van der Waals surface area (Å²) in [7, 11) is 0. The molecule has 0 amide bonds. The summed E-state index contributed by atoms with van der Waals surface area (Å²) in [5.41, 5.74) is 8.46. The summed E-state index contributed by atoms with van der Waals surface area (Å²) in [6.45, 7) is 0. The highest BCUT2D eigenvalue weighted by molar-refractivity contribution is 7.26. The Morgan fingerprint density at radius 1 is 0.345 bits per heavy atom. The fourth-order valence-corrected chi connectivity index (χ4v) is 9.88. The van der Waals surface area contributed by atoms with Crippen molar-refractivity contribution >= 4 is 74.9 Å². The second-order valence-corrected chi connectivity index (χ2v) is 15.9. The predicted octanol–water partition coefficient (Wildman–Crippen LogP) is 14.3. The van der Waals surface area contributed by atoms with Crippen molar-refractivity contribution in [2.24, 2.45) is 0 Å². The Bertz CT molecular complexity index is 3580. The molecule has 0 radical (unpaired) electrons. The van der Waals surface area contributed by atoms with E-state index in [0.717, 1.165) is 44.4 Å². The molecule has 0 atom stereocenters. The maximum Gasteiger partial charge on any atom is 0.164 e. The molecule has 4 nitrogen and oxygen atoms in total. The van der Waals surface area contributed by atoms with Gasteiger partial charge in [-0.3, -0.25) is 0 Å². The van der Waals surface area contributed by atoms with Gasteiger partial charge >= 0.3 is 0 Å². The van der Waals surface area contributed by atoms with Crippen LogP contribution >= 0.6 is 11.3 Å². The van der Waals surface area contributed by atoms with Gasteiger partial charge in [-0.15, -0.1) is 11.3 Å². The summed E-state index contributed by atoms with van der Waals surface area (Å²) in [4.78, 5) is 15.7. The fraction of sp³-hybridized carbons (Fsp3) is 0. The number of hydrogen-bond acceptors (Lipinski definition) is 4. The van der Waals surface area contributed by atoms with Crippen LogP contribution in [0.25, 0.3) is 115 Å². The standard InChI is InChI=1S/C53H32N4S/c1-2-14-34(15-3-1)51-54-52(38-26-25-33-13-4-5-16-35(33)29-38)56-53(55-51)44-28-27-39(32-45(44)43-22-12-21-42-41-20-9-11-24-49(41)58-50(42)43)57-47-23-10-8-19-40(47)46-30-36-17-6-7-18-37(36)31-48(46)57/h1-32H. The van der Waals surface area contributed by atoms with Crippen LogP contribution in [0.3, 0.4) is 0 Å². The molecule has 0 unspecified atom stereocenters. The number of fused-ring (bicyclic) bond motifs is 8. The van der Waals surface area contributed by atoms with Crippen LogP contribution in [0.4, 0.5) is 0 Å². The Balaban J connectivity index is 1.16. The normalized spacial score (nSPS) is 11.8. The van der Waals surface area contributed by atoms with Crippen LogP contribution in [0.5, 0.6) is 0 Å². The Morgan fingerprint density at radius 2 is 1.00 bits per heavy atom. The Labute approximate surface area is 338 Å². The molecule has 0 bridgehead atoms. The van der Waals surface area contributed by atoms with Gasteiger partial charge in [-0.05, 0) is 75.6 Å². The molecule has 0 spiro atoms. The summed E-state index contributed by atoms with van der Waals surface area (Å²) < 4.78 is 4.92. The maximum absolute atomic E-state index is 5.32. The zero-order valence-corrected chi connectivity index (χ0v) is 32.0. The third-order valence-electron chi connectivity index (χ3n) is 11.4. The summed E-state index contributed by atoms with van der Waals surface area (Å²) in [6.07, 6.45) is 0. The zero-order valence-electron chi connectivity index (χ0n) is 31.2. The molecule has 0 aliphatic heterocycles. The molecule has 0 N–H and O–H groups in total. The van der Waals surface area contributed by atoms with Crippen LogP contribution < -0.4 is 0 Å². The number of rotatable bonds is 5. The van der Waals surface area contributed by atoms with Crippen molar-refractivity contribution in [1.82, 2.24) is 19.5 Å². The summed E-state index contributed by atoms with van der Waals surface area (Å²) in [6, 6.07) is 69.3. The van der Waals surface area contributed by atoms with Crippen LogP contribution in [-0.2, 0) is 0 Å². The first kappa shape index (κ1) is 32.7. The van der Waals surface area contributed by atoms with Crippen molar-refractivity contribution in [3.8, 4) is 51.0 Å². The number of nitrogens with zero attached hydrogens (tertiary/aromatic N) is 4. The van der Waals surface area contributed by atoms with Crippen LogP contribution in [0.2, 0.25) is 0 Å². The SMILES string of the molecule is c1ccc(-c2nc(-c3ccc4ccccc4c3)nc(-c3ccc(-n4c5ccccc5c5cc6ccccc6cc54)cc3-c3cccc4c3sc3ccccc34)n2)cc1.